The predicted octanol–water partition coefficient (Wildman–Crippen LogP) is 2.74. The summed E-state index contributed by atoms with van der Waals surface area (Å²) in [5.74, 6) is 1.46. The zero-order valence-corrected chi connectivity index (χ0v) is 13.2. The van der Waals surface area contributed by atoms with Crippen molar-refractivity contribution in [3.8, 4) is 17.2 Å². The molecule has 0 radical (unpaired) electrons. The molecule has 3 rings (SSSR count). The Morgan fingerprint density at radius 1 is 1.22 bits per heavy atom. The molecule has 1 aliphatic carbocycles. The van der Waals surface area contributed by atoms with Gasteiger partial charge in [-0.15, -0.1) is 10.2 Å². The molecule has 1 aromatic heterocycles. The van der Waals surface area contributed by atoms with E-state index < -0.39 is 0 Å². The quantitative estimate of drug-likeness (QED) is 0.918. The molecule has 1 fully saturated rings. The summed E-state index contributed by atoms with van der Waals surface area (Å²) in [5, 5.41) is 11.0. The third-order valence-electron chi connectivity index (χ3n) is 4.09. The van der Waals surface area contributed by atoms with Crippen molar-refractivity contribution in [1.82, 2.24) is 15.5 Å². The van der Waals surface area contributed by atoms with Gasteiger partial charge in [0.15, 0.2) is 0 Å². The minimum atomic E-state index is -0.0539. The number of aromatic nitrogens is 2. The molecule has 1 aromatic carbocycles. The van der Waals surface area contributed by atoms with Crippen molar-refractivity contribution in [3.05, 3.63) is 30.2 Å². The predicted molar refractivity (Wildman–Crippen MR) is 85.0 cm³/mol. The van der Waals surface area contributed by atoms with Crippen LogP contribution in [0.3, 0.4) is 0 Å². The van der Waals surface area contributed by atoms with Gasteiger partial charge in [0.05, 0.1) is 7.11 Å². The Bertz CT molecular complexity index is 645. The Labute approximate surface area is 135 Å². The molecule has 1 heterocycles. The van der Waals surface area contributed by atoms with E-state index in [0.717, 1.165) is 24.2 Å². The van der Waals surface area contributed by atoms with Gasteiger partial charge in [-0.1, -0.05) is 19.3 Å². The second kappa shape index (κ2) is 7.26. The fourth-order valence-corrected chi connectivity index (χ4v) is 2.84. The molecule has 6 nitrogen and oxygen atoms in total. The average Bonchev–Trinajstić information content (AvgIpc) is 3.04. The molecule has 0 bridgehead atoms. The topological polar surface area (TPSA) is 77.2 Å². The number of methoxy groups -OCH3 is 1. The van der Waals surface area contributed by atoms with Crippen molar-refractivity contribution in [2.24, 2.45) is 0 Å². The van der Waals surface area contributed by atoms with Crippen molar-refractivity contribution in [3.63, 3.8) is 0 Å². The summed E-state index contributed by atoms with van der Waals surface area (Å²) in [5.41, 5.74) is 0.803. The Kier molecular flexibility index (Phi) is 4.90. The van der Waals surface area contributed by atoms with E-state index in [9.17, 15) is 4.79 Å². The number of rotatable bonds is 5. The number of nitrogens with zero attached hydrogens (tertiary/aromatic N) is 2. The SMILES string of the molecule is COc1ccc(-c2nnc(CC(=O)NC3CCCCC3)o2)cc1. The first kappa shape index (κ1) is 15.5. The number of benzene rings is 1. The molecule has 0 aliphatic heterocycles. The standard InChI is InChI=1S/C17H21N3O3/c1-22-14-9-7-12(8-10-14)17-20-19-16(23-17)11-15(21)18-13-5-3-2-4-6-13/h7-10,13H,2-6,11H2,1H3,(H,18,21). The van der Waals surface area contributed by atoms with Gasteiger partial charge in [-0.2, -0.15) is 0 Å². The fraction of sp³-hybridized carbons (Fsp3) is 0.471. The highest BCUT2D eigenvalue weighted by molar-refractivity contribution is 5.77. The second-order valence-corrected chi connectivity index (χ2v) is 5.81. The number of ether oxygens (including phenoxy) is 1. The summed E-state index contributed by atoms with van der Waals surface area (Å²) in [6.07, 6.45) is 5.89. The molecule has 1 N–H and O–H groups in total. The lowest BCUT2D eigenvalue weighted by atomic mass is 9.95. The average molecular weight is 315 g/mol. The van der Waals surface area contributed by atoms with Crippen molar-refractivity contribution in [1.29, 1.82) is 0 Å². The van der Waals surface area contributed by atoms with Crippen molar-refractivity contribution >= 4 is 5.91 Å². The summed E-state index contributed by atoms with van der Waals surface area (Å²) >= 11 is 0. The van der Waals surface area contributed by atoms with Crippen LogP contribution in [0.1, 0.15) is 38.0 Å². The Morgan fingerprint density at radius 2 is 1.96 bits per heavy atom. The van der Waals surface area contributed by atoms with E-state index in [2.05, 4.69) is 15.5 Å². The van der Waals surface area contributed by atoms with Crippen LogP contribution < -0.4 is 10.1 Å². The smallest absolute Gasteiger partial charge is 0.247 e. The molecule has 1 aliphatic rings. The first-order valence-electron chi connectivity index (χ1n) is 8.01. The first-order valence-corrected chi connectivity index (χ1v) is 8.01. The molecule has 1 amide bonds. The lowest BCUT2D eigenvalue weighted by Crippen LogP contribution is -2.37. The normalized spacial score (nSPS) is 15.3. The summed E-state index contributed by atoms with van der Waals surface area (Å²) in [7, 11) is 1.62. The lowest BCUT2D eigenvalue weighted by Gasteiger charge is -2.22. The van der Waals surface area contributed by atoms with Crippen molar-refractivity contribution in [2.75, 3.05) is 7.11 Å². The number of hydrogen-bond acceptors (Lipinski definition) is 5. The summed E-state index contributed by atoms with van der Waals surface area (Å²) in [6.45, 7) is 0. The van der Waals surface area contributed by atoms with E-state index >= 15 is 0 Å². The molecular formula is C17H21N3O3. The van der Waals surface area contributed by atoms with Crippen LogP contribution in [0.5, 0.6) is 5.75 Å². The maximum absolute atomic E-state index is 12.1. The van der Waals surface area contributed by atoms with E-state index in [1.807, 2.05) is 24.3 Å². The van der Waals surface area contributed by atoms with Gasteiger partial charge in [-0.3, -0.25) is 4.79 Å². The van der Waals surface area contributed by atoms with E-state index in [1.54, 1.807) is 7.11 Å². The number of carbonyl (C=O) groups excluding carboxylic acids is 1. The molecular weight excluding hydrogens is 294 g/mol. The van der Waals surface area contributed by atoms with E-state index in [0.29, 0.717) is 17.8 Å². The highest BCUT2D eigenvalue weighted by Gasteiger charge is 2.18. The molecule has 23 heavy (non-hydrogen) atoms. The maximum atomic E-state index is 12.1. The van der Waals surface area contributed by atoms with E-state index in [1.165, 1.54) is 19.3 Å². The van der Waals surface area contributed by atoms with Crippen molar-refractivity contribution in [2.45, 2.75) is 44.6 Å². The van der Waals surface area contributed by atoms with Crippen LogP contribution >= 0.6 is 0 Å². The van der Waals surface area contributed by atoms with Crippen LogP contribution in [0.15, 0.2) is 28.7 Å². The van der Waals surface area contributed by atoms with Gasteiger partial charge in [-0.25, -0.2) is 0 Å². The Hall–Kier alpha value is -2.37. The number of amides is 1. The summed E-state index contributed by atoms with van der Waals surface area (Å²) < 4.78 is 10.7. The van der Waals surface area contributed by atoms with Crippen LogP contribution in [-0.2, 0) is 11.2 Å². The van der Waals surface area contributed by atoms with Gasteiger partial charge >= 0.3 is 0 Å². The zero-order valence-electron chi connectivity index (χ0n) is 13.2. The van der Waals surface area contributed by atoms with Gasteiger partial charge in [0.25, 0.3) is 0 Å². The highest BCUT2D eigenvalue weighted by atomic mass is 16.5. The van der Waals surface area contributed by atoms with Crippen LogP contribution in [0.4, 0.5) is 0 Å². The fourth-order valence-electron chi connectivity index (χ4n) is 2.84. The minimum Gasteiger partial charge on any atom is -0.497 e. The largest absolute Gasteiger partial charge is 0.497 e. The summed E-state index contributed by atoms with van der Waals surface area (Å²) in [4.78, 5) is 12.1. The van der Waals surface area contributed by atoms with Crippen LogP contribution in [0, 0.1) is 0 Å². The Balaban J connectivity index is 1.58. The van der Waals surface area contributed by atoms with Crippen LogP contribution in [0.25, 0.3) is 11.5 Å². The highest BCUT2D eigenvalue weighted by Crippen LogP contribution is 2.21. The molecule has 0 unspecified atom stereocenters. The zero-order chi connectivity index (χ0) is 16.1. The van der Waals surface area contributed by atoms with E-state index in [-0.39, 0.29) is 12.3 Å². The van der Waals surface area contributed by atoms with Crippen LogP contribution in [-0.4, -0.2) is 29.3 Å². The molecule has 2 aromatic rings. The number of hydrogen-bond donors (Lipinski definition) is 1. The first-order chi connectivity index (χ1) is 11.2. The molecule has 1 saturated carbocycles. The molecule has 0 spiro atoms. The van der Waals surface area contributed by atoms with Gasteiger partial charge in [0.1, 0.15) is 12.2 Å². The van der Waals surface area contributed by atoms with Crippen LogP contribution in [0.2, 0.25) is 0 Å². The van der Waals surface area contributed by atoms with Gasteiger partial charge in [0.2, 0.25) is 17.7 Å². The van der Waals surface area contributed by atoms with Gasteiger partial charge in [0, 0.05) is 11.6 Å². The number of nitrogens with one attached hydrogen (secondary N) is 1. The molecule has 0 saturated heterocycles. The molecule has 0 atom stereocenters. The molecule has 6 heteroatoms. The number of carbonyl (C=O) groups is 1. The lowest BCUT2D eigenvalue weighted by molar-refractivity contribution is -0.121. The maximum Gasteiger partial charge on any atom is 0.247 e. The molecule has 122 valence electrons. The third-order valence-corrected chi connectivity index (χ3v) is 4.09. The van der Waals surface area contributed by atoms with Crippen molar-refractivity contribution < 1.29 is 13.9 Å². The van der Waals surface area contributed by atoms with Gasteiger partial charge in [-0.05, 0) is 37.1 Å². The monoisotopic (exact) mass is 315 g/mol. The van der Waals surface area contributed by atoms with E-state index in [4.69, 9.17) is 9.15 Å². The minimum absolute atomic E-state index is 0.0539. The Morgan fingerprint density at radius 3 is 2.65 bits per heavy atom. The second-order valence-electron chi connectivity index (χ2n) is 5.81. The van der Waals surface area contributed by atoms with Gasteiger partial charge < -0.3 is 14.5 Å². The summed E-state index contributed by atoms with van der Waals surface area (Å²) in [6, 6.07) is 7.64. The third kappa shape index (κ3) is 4.09.